The van der Waals surface area contributed by atoms with Crippen molar-refractivity contribution in [2.24, 2.45) is 5.92 Å². The SMILES string of the molecule is CC(CO)c1ccc2c(c1)C(C)(C)C(C)C2(C)C. The van der Waals surface area contributed by atoms with Gasteiger partial charge in [0.2, 0.25) is 0 Å². The Balaban J connectivity index is 2.58. The molecular weight excluding hydrogens is 220 g/mol. The minimum absolute atomic E-state index is 0.212. The average Bonchev–Trinajstić information content (AvgIpc) is 2.47. The van der Waals surface area contributed by atoms with Crippen LogP contribution >= 0.6 is 0 Å². The topological polar surface area (TPSA) is 20.2 Å². The molecule has 1 nitrogen and oxygen atoms in total. The second-order valence-electron chi connectivity index (χ2n) is 7.05. The Bertz CT molecular complexity index is 457. The number of benzene rings is 1. The van der Waals surface area contributed by atoms with Crippen molar-refractivity contribution < 1.29 is 5.11 Å². The van der Waals surface area contributed by atoms with Gasteiger partial charge in [-0.15, -0.1) is 0 Å². The van der Waals surface area contributed by atoms with E-state index in [1.807, 2.05) is 0 Å². The number of rotatable bonds is 2. The lowest BCUT2D eigenvalue weighted by Crippen LogP contribution is -2.30. The highest BCUT2D eigenvalue weighted by Crippen LogP contribution is 2.53. The van der Waals surface area contributed by atoms with Crippen LogP contribution in [0.1, 0.15) is 64.2 Å². The van der Waals surface area contributed by atoms with Crippen molar-refractivity contribution in [1.29, 1.82) is 0 Å². The Kier molecular flexibility index (Phi) is 3.09. The Labute approximate surface area is 111 Å². The van der Waals surface area contributed by atoms with Crippen LogP contribution in [0.15, 0.2) is 18.2 Å². The third-order valence-corrected chi connectivity index (χ3v) is 5.44. The fourth-order valence-corrected chi connectivity index (χ4v) is 3.44. The lowest BCUT2D eigenvalue weighted by atomic mass is 9.71. The van der Waals surface area contributed by atoms with Crippen LogP contribution in [0.4, 0.5) is 0 Å². The molecule has 0 heterocycles. The van der Waals surface area contributed by atoms with E-state index < -0.39 is 0 Å². The standard InChI is InChI=1S/C17H26O/c1-11(10-18)13-7-8-14-15(9-13)17(5,6)12(2)16(14,3)4/h7-9,11-12,18H,10H2,1-6H3. The third kappa shape index (κ3) is 1.72. The van der Waals surface area contributed by atoms with E-state index in [2.05, 4.69) is 59.7 Å². The van der Waals surface area contributed by atoms with Crippen LogP contribution in [0.25, 0.3) is 0 Å². The van der Waals surface area contributed by atoms with Crippen molar-refractivity contribution >= 4 is 0 Å². The summed E-state index contributed by atoms with van der Waals surface area (Å²) in [7, 11) is 0. The molecule has 0 saturated carbocycles. The molecule has 0 amide bonds. The quantitative estimate of drug-likeness (QED) is 0.836. The molecule has 1 aromatic carbocycles. The van der Waals surface area contributed by atoms with Gasteiger partial charge in [0, 0.05) is 12.5 Å². The van der Waals surface area contributed by atoms with Crippen molar-refractivity contribution in [2.75, 3.05) is 6.61 Å². The van der Waals surface area contributed by atoms with Gasteiger partial charge in [-0.05, 0) is 33.4 Å². The molecular formula is C17H26O. The van der Waals surface area contributed by atoms with Crippen molar-refractivity contribution in [2.45, 2.75) is 58.3 Å². The predicted octanol–water partition coefficient (Wildman–Crippen LogP) is 3.99. The fourth-order valence-electron chi connectivity index (χ4n) is 3.44. The van der Waals surface area contributed by atoms with Crippen molar-refractivity contribution in [3.63, 3.8) is 0 Å². The van der Waals surface area contributed by atoms with Gasteiger partial charge in [0.25, 0.3) is 0 Å². The number of aliphatic hydroxyl groups is 1. The van der Waals surface area contributed by atoms with Gasteiger partial charge in [-0.2, -0.15) is 0 Å². The van der Waals surface area contributed by atoms with E-state index in [1.165, 1.54) is 16.7 Å². The molecule has 1 aromatic rings. The summed E-state index contributed by atoms with van der Waals surface area (Å²) in [6.07, 6.45) is 0. The van der Waals surface area contributed by atoms with Crippen molar-refractivity contribution in [3.8, 4) is 0 Å². The minimum atomic E-state index is 0.212. The van der Waals surface area contributed by atoms with Crippen LogP contribution in [0.5, 0.6) is 0 Å². The molecule has 0 saturated heterocycles. The highest BCUT2D eigenvalue weighted by molar-refractivity contribution is 5.48. The summed E-state index contributed by atoms with van der Waals surface area (Å²) >= 11 is 0. The van der Waals surface area contributed by atoms with Gasteiger partial charge in [-0.25, -0.2) is 0 Å². The average molecular weight is 246 g/mol. The van der Waals surface area contributed by atoms with Crippen LogP contribution < -0.4 is 0 Å². The smallest absolute Gasteiger partial charge is 0.0497 e. The largest absolute Gasteiger partial charge is 0.396 e. The van der Waals surface area contributed by atoms with E-state index in [-0.39, 0.29) is 23.4 Å². The number of hydrogen-bond acceptors (Lipinski definition) is 1. The maximum absolute atomic E-state index is 9.32. The molecule has 18 heavy (non-hydrogen) atoms. The van der Waals surface area contributed by atoms with E-state index in [9.17, 15) is 5.11 Å². The first kappa shape index (κ1) is 13.6. The normalized spacial score (nSPS) is 25.8. The first-order chi connectivity index (χ1) is 8.22. The summed E-state index contributed by atoms with van der Waals surface area (Å²) in [6, 6.07) is 6.79. The Morgan fingerprint density at radius 3 is 2.22 bits per heavy atom. The molecule has 0 radical (unpaired) electrons. The highest BCUT2D eigenvalue weighted by atomic mass is 16.3. The molecule has 0 aliphatic heterocycles. The predicted molar refractivity (Wildman–Crippen MR) is 77.2 cm³/mol. The van der Waals surface area contributed by atoms with Gasteiger partial charge in [0.05, 0.1) is 0 Å². The van der Waals surface area contributed by atoms with Gasteiger partial charge in [0.15, 0.2) is 0 Å². The molecule has 0 fully saturated rings. The van der Waals surface area contributed by atoms with Gasteiger partial charge in [-0.1, -0.05) is 59.7 Å². The Hall–Kier alpha value is -0.820. The van der Waals surface area contributed by atoms with Gasteiger partial charge in [-0.3, -0.25) is 0 Å². The van der Waals surface area contributed by atoms with E-state index >= 15 is 0 Å². The molecule has 2 atom stereocenters. The molecule has 1 N–H and O–H groups in total. The zero-order valence-electron chi connectivity index (χ0n) is 12.5. The highest BCUT2D eigenvalue weighted by Gasteiger charge is 2.48. The van der Waals surface area contributed by atoms with Crippen molar-refractivity contribution in [1.82, 2.24) is 0 Å². The molecule has 1 aliphatic rings. The van der Waals surface area contributed by atoms with Gasteiger partial charge in [0.1, 0.15) is 0 Å². The molecule has 1 aliphatic carbocycles. The van der Waals surface area contributed by atoms with Gasteiger partial charge < -0.3 is 5.11 Å². The van der Waals surface area contributed by atoms with E-state index in [4.69, 9.17) is 0 Å². The zero-order valence-corrected chi connectivity index (χ0v) is 12.5. The van der Waals surface area contributed by atoms with Crippen LogP contribution in [-0.2, 0) is 10.8 Å². The molecule has 100 valence electrons. The second kappa shape index (κ2) is 4.09. The van der Waals surface area contributed by atoms with Crippen LogP contribution in [0.2, 0.25) is 0 Å². The first-order valence-corrected chi connectivity index (χ1v) is 6.98. The molecule has 0 aromatic heterocycles. The van der Waals surface area contributed by atoms with Crippen molar-refractivity contribution in [3.05, 3.63) is 34.9 Å². The second-order valence-corrected chi connectivity index (χ2v) is 7.05. The van der Waals surface area contributed by atoms with Crippen LogP contribution in [0.3, 0.4) is 0 Å². The molecule has 2 unspecified atom stereocenters. The first-order valence-electron chi connectivity index (χ1n) is 6.98. The van der Waals surface area contributed by atoms with Crippen LogP contribution in [-0.4, -0.2) is 11.7 Å². The van der Waals surface area contributed by atoms with Gasteiger partial charge >= 0.3 is 0 Å². The summed E-state index contributed by atoms with van der Waals surface area (Å²) in [5.74, 6) is 0.852. The molecule has 2 rings (SSSR count). The Morgan fingerprint density at radius 2 is 1.67 bits per heavy atom. The lowest BCUT2D eigenvalue weighted by Gasteiger charge is -2.32. The molecule has 1 heteroatoms. The van der Waals surface area contributed by atoms with E-state index in [1.54, 1.807) is 0 Å². The molecule has 0 spiro atoms. The monoisotopic (exact) mass is 246 g/mol. The fraction of sp³-hybridized carbons (Fsp3) is 0.647. The lowest BCUT2D eigenvalue weighted by molar-refractivity contribution is 0.263. The third-order valence-electron chi connectivity index (χ3n) is 5.44. The summed E-state index contributed by atoms with van der Waals surface area (Å²) in [5, 5.41) is 9.32. The number of fused-ring (bicyclic) bond motifs is 1. The van der Waals surface area contributed by atoms with E-state index in [0.717, 1.165) is 0 Å². The summed E-state index contributed by atoms with van der Waals surface area (Å²) in [5.41, 5.74) is 4.66. The molecule has 0 bridgehead atoms. The summed E-state index contributed by atoms with van der Waals surface area (Å²) in [4.78, 5) is 0. The van der Waals surface area contributed by atoms with E-state index in [0.29, 0.717) is 5.92 Å². The zero-order chi connectivity index (χ0) is 13.7. The summed E-state index contributed by atoms with van der Waals surface area (Å²) in [6.45, 7) is 14.0. The number of aliphatic hydroxyl groups excluding tert-OH is 1. The number of hydrogen-bond donors (Lipinski definition) is 1. The minimum Gasteiger partial charge on any atom is -0.396 e. The van der Waals surface area contributed by atoms with Crippen LogP contribution in [0, 0.1) is 5.92 Å². The maximum atomic E-state index is 9.32. The maximum Gasteiger partial charge on any atom is 0.0497 e. The Morgan fingerprint density at radius 1 is 1.11 bits per heavy atom. The summed E-state index contributed by atoms with van der Waals surface area (Å²) < 4.78 is 0.